The number of nitrogens with one attached hydrogen (secondary N) is 1. The van der Waals surface area contributed by atoms with Gasteiger partial charge in [-0.3, -0.25) is 14.7 Å². The molecule has 13 heavy (non-hydrogen) atoms. The maximum Gasteiger partial charge on any atom is 0.303 e. The number of carboxylic acids is 2. The van der Waals surface area contributed by atoms with Crippen molar-refractivity contribution in [2.24, 2.45) is 0 Å². The number of rotatable bonds is 3. The molecule has 0 radical (unpaired) electrons. The van der Waals surface area contributed by atoms with Crippen molar-refractivity contribution in [3.63, 3.8) is 0 Å². The van der Waals surface area contributed by atoms with Crippen LogP contribution in [0.3, 0.4) is 0 Å². The maximum absolute atomic E-state index is 9.64. The van der Waals surface area contributed by atoms with E-state index >= 15 is 0 Å². The molecule has 72 valence electrons. The minimum absolute atomic E-state index is 0.296. The highest BCUT2D eigenvalue weighted by Crippen LogP contribution is 1.86. The van der Waals surface area contributed by atoms with Crippen molar-refractivity contribution >= 4 is 11.9 Å². The number of hydrogen-bond acceptors (Lipinski definition) is 3. The van der Waals surface area contributed by atoms with Crippen LogP contribution in [0, 0.1) is 0 Å². The van der Waals surface area contributed by atoms with Crippen LogP contribution in [0.5, 0.6) is 0 Å². The first-order valence-corrected chi connectivity index (χ1v) is 3.50. The predicted molar refractivity (Wildman–Crippen MR) is 43.1 cm³/mol. The molecule has 1 heterocycles. The number of hydrogen-bond donors (Lipinski definition) is 3. The summed E-state index contributed by atoms with van der Waals surface area (Å²) in [5.74, 6) is -2.15. The molecular formula is C7H10N2O4. The zero-order valence-electron chi connectivity index (χ0n) is 6.80. The molecule has 0 saturated carbocycles. The van der Waals surface area contributed by atoms with Crippen molar-refractivity contribution in [3.05, 3.63) is 18.5 Å². The van der Waals surface area contributed by atoms with Crippen molar-refractivity contribution in [2.75, 3.05) is 0 Å². The van der Waals surface area contributed by atoms with Crippen LogP contribution >= 0.6 is 0 Å². The monoisotopic (exact) mass is 186 g/mol. The normalized spacial score (nSPS) is 8.31. The third-order valence-electron chi connectivity index (χ3n) is 0.959. The summed E-state index contributed by atoms with van der Waals surface area (Å²) in [7, 11) is 0. The summed E-state index contributed by atoms with van der Waals surface area (Å²) in [5, 5.41) is 22.0. The molecular weight excluding hydrogens is 176 g/mol. The molecule has 0 amide bonds. The van der Waals surface area contributed by atoms with Crippen molar-refractivity contribution < 1.29 is 19.8 Å². The van der Waals surface area contributed by atoms with Crippen LogP contribution in [0.25, 0.3) is 0 Å². The van der Waals surface area contributed by atoms with Gasteiger partial charge in [-0.15, -0.1) is 0 Å². The molecule has 0 bridgehead atoms. The number of nitrogens with zero attached hydrogens (tertiary/aromatic N) is 1. The number of H-pyrrole nitrogens is 1. The molecule has 6 heteroatoms. The Morgan fingerprint density at radius 1 is 1.23 bits per heavy atom. The quantitative estimate of drug-likeness (QED) is 0.631. The first-order valence-electron chi connectivity index (χ1n) is 3.50. The SMILES string of the molecule is O=C(O)CCC(=O)O.c1cn[nH]c1. The maximum atomic E-state index is 9.64. The van der Waals surface area contributed by atoms with Gasteiger partial charge in [0, 0.05) is 12.4 Å². The lowest BCUT2D eigenvalue weighted by atomic mass is 10.3. The zero-order valence-corrected chi connectivity index (χ0v) is 6.80. The van der Waals surface area contributed by atoms with Crippen LogP contribution in [-0.2, 0) is 9.59 Å². The Kier molecular flexibility index (Phi) is 5.86. The number of carbonyl (C=O) groups is 2. The van der Waals surface area contributed by atoms with Gasteiger partial charge in [0.15, 0.2) is 0 Å². The predicted octanol–water partition coefficient (Wildman–Crippen LogP) is 0.345. The van der Waals surface area contributed by atoms with Gasteiger partial charge in [-0.2, -0.15) is 5.10 Å². The van der Waals surface area contributed by atoms with Gasteiger partial charge in [0.05, 0.1) is 12.8 Å². The number of aromatic nitrogens is 2. The molecule has 1 aromatic rings. The summed E-state index contributed by atoms with van der Waals surface area (Å²) in [5.41, 5.74) is 0. The molecule has 0 saturated heterocycles. The summed E-state index contributed by atoms with van der Waals surface area (Å²) < 4.78 is 0. The Hall–Kier alpha value is -1.85. The van der Waals surface area contributed by atoms with E-state index in [0.717, 1.165) is 0 Å². The fraction of sp³-hybridized carbons (Fsp3) is 0.286. The van der Waals surface area contributed by atoms with E-state index in [9.17, 15) is 9.59 Å². The van der Waals surface area contributed by atoms with Gasteiger partial charge < -0.3 is 10.2 Å². The Balaban J connectivity index is 0.000000243. The van der Waals surface area contributed by atoms with E-state index in [1.807, 2.05) is 6.07 Å². The van der Waals surface area contributed by atoms with Crippen molar-refractivity contribution in [2.45, 2.75) is 12.8 Å². The largest absolute Gasteiger partial charge is 0.481 e. The third kappa shape index (κ3) is 10.2. The molecule has 0 atom stereocenters. The minimum atomic E-state index is -1.08. The van der Waals surface area contributed by atoms with Gasteiger partial charge in [0.25, 0.3) is 0 Å². The van der Waals surface area contributed by atoms with E-state index < -0.39 is 11.9 Å². The summed E-state index contributed by atoms with van der Waals surface area (Å²) in [6.45, 7) is 0. The van der Waals surface area contributed by atoms with E-state index in [2.05, 4.69) is 10.2 Å². The Bertz CT molecular complexity index is 214. The summed E-state index contributed by atoms with van der Waals surface area (Å²) in [6, 6.07) is 1.83. The van der Waals surface area contributed by atoms with Crippen LogP contribution < -0.4 is 0 Å². The molecule has 1 rings (SSSR count). The molecule has 0 aliphatic carbocycles. The molecule has 0 aliphatic heterocycles. The highest BCUT2D eigenvalue weighted by molar-refractivity contribution is 5.75. The second kappa shape index (κ2) is 6.84. The van der Waals surface area contributed by atoms with E-state index in [0.29, 0.717) is 0 Å². The van der Waals surface area contributed by atoms with Gasteiger partial charge in [-0.25, -0.2) is 0 Å². The fourth-order valence-electron chi connectivity index (χ4n) is 0.429. The van der Waals surface area contributed by atoms with Gasteiger partial charge in [0.2, 0.25) is 0 Å². The fourth-order valence-corrected chi connectivity index (χ4v) is 0.429. The molecule has 3 N–H and O–H groups in total. The molecule has 1 aromatic heterocycles. The Morgan fingerprint density at radius 3 is 1.92 bits per heavy atom. The molecule has 0 aromatic carbocycles. The van der Waals surface area contributed by atoms with Gasteiger partial charge >= 0.3 is 11.9 Å². The second-order valence-electron chi connectivity index (χ2n) is 2.05. The van der Waals surface area contributed by atoms with Crippen molar-refractivity contribution in [1.29, 1.82) is 0 Å². The van der Waals surface area contributed by atoms with E-state index in [1.54, 1.807) is 12.4 Å². The van der Waals surface area contributed by atoms with Crippen LogP contribution in [0.15, 0.2) is 18.5 Å². The molecule has 0 spiro atoms. The molecule has 6 nitrogen and oxygen atoms in total. The minimum Gasteiger partial charge on any atom is -0.481 e. The summed E-state index contributed by atoms with van der Waals surface area (Å²) in [6.07, 6.45) is 2.87. The second-order valence-corrected chi connectivity index (χ2v) is 2.05. The standard InChI is InChI=1S/C4H6O4.C3H4N2/c5-3(6)1-2-4(7)8;1-2-4-5-3-1/h1-2H2,(H,5,6)(H,7,8);1-3H,(H,4,5). The Morgan fingerprint density at radius 2 is 1.77 bits per heavy atom. The van der Waals surface area contributed by atoms with Gasteiger partial charge in [-0.1, -0.05) is 0 Å². The van der Waals surface area contributed by atoms with E-state index in [-0.39, 0.29) is 12.8 Å². The van der Waals surface area contributed by atoms with Crippen LogP contribution in [-0.4, -0.2) is 32.3 Å². The van der Waals surface area contributed by atoms with Crippen molar-refractivity contribution in [1.82, 2.24) is 10.2 Å². The average molecular weight is 186 g/mol. The lowest BCUT2D eigenvalue weighted by Crippen LogP contribution is -2.00. The highest BCUT2D eigenvalue weighted by atomic mass is 16.4. The number of carboxylic acid groups (broad SMARTS) is 2. The highest BCUT2D eigenvalue weighted by Gasteiger charge is 2.00. The topological polar surface area (TPSA) is 103 Å². The molecule has 0 fully saturated rings. The number of aliphatic carboxylic acids is 2. The third-order valence-corrected chi connectivity index (χ3v) is 0.959. The smallest absolute Gasteiger partial charge is 0.303 e. The van der Waals surface area contributed by atoms with E-state index in [4.69, 9.17) is 10.2 Å². The zero-order chi connectivity index (χ0) is 10.1. The lowest BCUT2D eigenvalue weighted by Gasteiger charge is -1.85. The van der Waals surface area contributed by atoms with Crippen molar-refractivity contribution in [3.8, 4) is 0 Å². The van der Waals surface area contributed by atoms with Gasteiger partial charge in [-0.05, 0) is 6.07 Å². The van der Waals surface area contributed by atoms with Crippen LogP contribution in [0.2, 0.25) is 0 Å². The van der Waals surface area contributed by atoms with E-state index in [1.165, 1.54) is 0 Å². The summed E-state index contributed by atoms with van der Waals surface area (Å²) >= 11 is 0. The van der Waals surface area contributed by atoms with Crippen LogP contribution in [0.1, 0.15) is 12.8 Å². The number of aromatic amines is 1. The first kappa shape index (κ1) is 11.2. The summed E-state index contributed by atoms with van der Waals surface area (Å²) in [4.78, 5) is 19.3. The lowest BCUT2D eigenvalue weighted by molar-refractivity contribution is -0.143. The van der Waals surface area contributed by atoms with Crippen LogP contribution in [0.4, 0.5) is 0 Å². The van der Waals surface area contributed by atoms with Gasteiger partial charge in [0.1, 0.15) is 0 Å². The Labute approximate surface area is 74.2 Å². The molecule has 0 aliphatic rings. The average Bonchev–Trinajstić information content (AvgIpc) is 2.57. The first-order chi connectivity index (χ1) is 6.13. The molecule has 0 unspecified atom stereocenters.